The molecule has 1 heterocycles. The van der Waals surface area contributed by atoms with Crippen LogP contribution in [0.15, 0.2) is 6.07 Å². The highest BCUT2D eigenvalue weighted by molar-refractivity contribution is 5.56. The minimum absolute atomic E-state index is 0.112. The number of benzene rings is 1. The molecule has 1 aliphatic carbocycles. The Hall–Kier alpha value is -1.22. The minimum atomic E-state index is -0.345. The van der Waals surface area contributed by atoms with Gasteiger partial charge < -0.3 is 14.9 Å². The number of hydrogen-bond donors (Lipinski definition) is 2. The molecule has 1 spiro atoms. The molecule has 2 aliphatic rings. The van der Waals surface area contributed by atoms with Crippen molar-refractivity contribution in [1.82, 2.24) is 0 Å². The lowest BCUT2D eigenvalue weighted by Gasteiger charge is -2.47. The molecule has 0 saturated heterocycles. The standard InChI is InChI=1S/C17H24O3/c1-10-12(3)20-17(7-5-4-6-8-17)16-14(19)9-13(18)11(2)15(10)16/h9-10,12,18-19H,4-8H2,1-3H3/t10-,12-/m1/s1. The molecular weight excluding hydrogens is 252 g/mol. The van der Waals surface area contributed by atoms with Gasteiger partial charge in [0.05, 0.1) is 11.7 Å². The Morgan fingerprint density at radius 3 is 2.40 bits per heavy atom. The average Bonchev–Trinajstić information content (AvgIpc) is 2.41. The molecule has 0 unspecified atom stereocenters. The summed E-state index contributed by atoms with van der Waals surface area (Å²) in [6, 6.07) is 1.48. The van der Waals surface area contributed by atoms with E-state index in [2.05, 4.69) is 13.8 Å². The van der Waals surface area contributed by atoms with Crippen LogP contribution in [0.2, 0.25) is 0 Å². The predicted octanol–water partition coefficient (Wildman–Crippen LogP) is 4.09. The fourth-order valence-corrected chi connectivity index (χ4v) is 4.06. The van der Waals surface area contributed by atoms with Crippen molar-refractivity contribution in [2.75, 3.05) is 0 Å². The van der Waals surface area contributed by atoms with Gasteiger partial charge in [-0.05, 0) is 37.8 Å². The van der Waals surface area contributed by atoms with Crippen LogP contribution in [-0.4, -0.2) is 16.3 Å². The lowest BCUT2D eigenvalue weighted by atomic mass is 9.71. The van der Waals surface area contributed by atoms with Gasteiger partial charge in [-0.25, -0.2) is 0 Å². The van der Waals surface area contributed by atoms with E-state index in [1.54, 1.807) is 0 Å². The summed E-state index contributed by atoms with van der Waals surface area (Å²) in [5, 5.41) is 20.5. The molecule has 0 bridgehead atoms. The van der Waals surface area contributed by atoms with E-state index in [1.807, 2.05) is 6.92 Å². The zero-order chi connectivity index (χ0) is 14.5. The minimum Gasteiger partial charge on any atom is -0.508 e. The average molecular weight is 276 g/mol. The molecule has 0 radical (unpaired) electrons. The molecule has 20 heavy (non-hydrogen) atoms. The van der Waals surface area contributed by atoms with Gasteiger partial charge in [-0.15, -0.1) is 0 Å². The Morgan fingerprint density at radius 2 is 1.75 bits per heavy atom. The summed E-state index contributed by atoms with van der Waals surface area (Å²) in [4.78, 5) is 0. The van der Waals surface area contributed by atoms with Crippen LogP contribution in [0, 0.1) is 6.92 Å². The SMILES string of the molecule is Cc1c(O)cc(O)c2c1[C@H](C)[C@@H](C)OC21CCCCC1. The number of ether oxygens (including phenoxy) is 1. The largest absolute Gasteiger partial charge is 0.508 e. The van der Waals surface area contributed by atoms with Gasteiger partial charge in [-0.3, -0.25) is 0 Å². The fourth-order valence-electron chi connectivity index (χ4n) is 4.06. The fraction of sp³-hybridized carbons (Fsp3) is 0.647. The quantitative estimate of drug-likeness (QED) is 0.750. The van der Waals surface area contributed by atoms with Gasteiger partial charge in [0.25, 0.3) is 0 Å². The van der Waals surface area contributed by atoms with Gasteiger partial charge in [-0.1, -0.05) is 26.2 Å². The first-order chi connectivity index (χ1) is 9.46. The van der Waals surface area contributed by atoms with E-state index in [9.17, 15) is 10.2 Å². The molecule has 0 aromatic heterocycles. The molecular formula is C17H24O3. The molecule has 110 valence electrons. The lowest BCUT2D eigenvalue weighted by Crippen LogP contribution is -2.42. The number of phenolic OH excluding ortho intramolecular Hbond substituents is 2. The van der Waals surface area contributed by atoms with Crippen molar-refractivity contribution in [2.24, 2.45) is 0 Å². The molecule has 0 amide bonds. The second kappa shape index (κ2) is 4.66. The summed E-state index contributed by atoms with van der Waals surface area (Å²) < 4.78 is 6.39. The third-order valence-corrected chi connectivity index (χ3v) is 5.27. The lowest BCUT2D eigenvalue weighted by molar-refractivity contribution is -0.133. The van der Waals surface area contributed by atoms with Crippen molar-refractivity contribution in [3.05, 3.63) is 22.8 Å². The van der Waals surface area contributed by atoms with Crippen molar-refractivity contribution in [2.45, 2.75) is 70.5 Å². The third-order valence-electron chi connectivity index (χ3n) is 5.27. The Bertz CT molecular complexity index is 530. The molecule has 1 aromatic carbocycles. The van der Waals surface area contributed by atoms with Gasteiger partial charge in [0.1, 0.15) is 11.5 Å². The van der Waals surface area contributed by atoms with Gasteiger partial charge in [0.2, 0.25) is 0 Å². The second-order valence-corrected chi connectivity index (χ2v) is 6.50. The summed E-state index contributed by atoms with van der Waals surface area (Å²) in [7, 11) is 0. The Balaban J connectivity index is 2.25. The van der Waals surface area contributed by atoms with Crippen LogP contribution in [-0.2, 0) is 10.3 Å². The molecule has 2 atom stereocenters. The number of fused-ring (bicyclic) bond motifs is 2. The van der Waals surface area contributed by atoms with Crippen LogP contribution in [0.1, 0.15) is 68.6 Å². The van der Waals surface area contributed by atoms with Crippen LogP contribution in [0.3, 0.4) is 0 Å². The molecule has 2 N–H and O–H groups in total. The third kappa shape index (κ3) is 1.83. The van der Waals surface area contributed by atoms with Crippen LogP contribution < -0.4 is 0 Å². The van der Waals surface area contributed by atoms with Crippen molar-refractivity contribution in [1.29, 1.82) is 0 Å². The maximum Gasteiger partial charge on any atom is 0.125 e. The number of phenols is 2. The predicted molar refractivity (Wildman–Crippen MR) is 78.2 cm³/mol. The van der Waals surface area contributed by atoms with Crippen LogP contribution >= 0.6 is 0 Å². The van der Waals surface area contributed by atoms with Crippen molar-refractivity contribution in [3.63, 3.8) is 0 Å². The van der Waals surface area contributed by atoms with Gasteiger partial charge in [-0.2, -0.15) is 0 Å². The van der Waals surface area contributed by atoms with E-state index in [4.69, 9.17) is 4.74 Å². The molecule has 1 aliphatic heterocycles. The highest BCUT2D eigenvalue weighted by Crippen LogP contribution is 2.54. The van der Waals surface area contributed by atoms with E-state index >= 15 is 0 Å². The van der Waals surface area contributed by atoms with Crippen LogP contribution in [0.4, 0.5) is 0 Å². The summed E-state index contributed by atoms with van der Waals surface area (Å²) in [5.74, 6) is 0.576. The highest BCUT2D eigenvalue weighted by Gasteiger charge is 2.46. The van der Waals surface area contributed by atoms with Crippen LogP contribution in [0.5, 0.6) is 11.5 Å². The van der Waals surface area contributed by atoms with Crippen molar-refractivity contribution < 1.29 is 14.9 Å². The topological polar surface area (TPSA) is 49.7 Å². The molecule has 1 aromatic rings. The smallest absolute Gasteiger partial charge is 0.125 e. The number of rotatable bonds is 0. The normalized spacial score (nSPS) is 28.4. The molecule has 1 saturated carbocycles. The van der Waals surface area contributed by atoms with Gasteiger partial charge in [0, 0.05) is 17.5 Å². The van der Waals surface area contributed by atoms with E-state index in [1.165, 1.54) is 12.5 Å². The Kier molecular flexibility index (Phi) is 3.20. The highest BCUT2D eigenvalue weighted by atomic mass is 16.5. The van der Waals surface area contributed by atoms with E-state index < -0.39 is 0 Å². The molecule has 3 nitrogen and oxygen atoms in total. The summed E-state index contributed by atoms with van der Waals surface area (Å²) >= 11 is 0. The summed E-state index contributed by atoms with van der Waals surface area (Å²) in [5.41, 5.74) is 2.59. The van der Waals surface area contributed by atoms with E-state index in [0.717, 1.165) is 42.4 Å². The van der Waals surface area contributed by atoms with Gasteiger partial charge >= 0.3 is 0 Å². The monoisotopic (exact) mass is 276 g/mol. The molecule has 3 heteroatoms. The summed E-state index contributed by atoms with van der Waals surface area (Å²) in [6.07, 6.45) is 5.56. The van der Waals surface area contributed by atoms with E-state index in [0.29, 0.717) is 0 Å². The van der Waals surface area contributed by atoms with Crippen molar-refractivity contribution in [3.8, 4) is 11.5 Å². The van der Waals surface area contributed by atoms with Gasteiger partial charge in [0.15, 0.2) is 0 Å². The second-order valence-electron chi connectivity index (χ2n) is 6.50. The maximum atomic E-state index is 10.4. The first kappa shape index (κ1) is 13.7. The zero-order valence-electron chi connectivity index (χ0n) is 12.6. The first-order valence-electron chi connectivity index (χ1n) is 7.70. The molecule has 3 rings (SSSR count). The van der Waals surface area contributed by atoms with Crippen LogP contribution in [0.25, 0.3) is 0 Å². The summed E-state index contributed by atoms with van der Waals surface area (Å²) in [6.45, 7) is 6.16. The zero-order valence-corrected chi connectivity index (χ0v) is 12.6. The van der Waals surface area contributed by atoms with E-state index in [-0.39, 0.29) is 29.1 Å². The Labute approximate surface area is 120 Å². The molecule has 1 fully saturated rings. The van der Waals surface area contributed by atoms with Crippen molar-refractivity contribution >= 4 is 0 Å². The first-order valence-corrected chi connectivity index (χ1v) is 7.70. The Morgan fingerprint density at radius 1 is 1.10 bits per heavy atom. The number of aromatic hydroxyl groups is 2. The maximum absolute atomic E-state index is 10.4. The number of hydrogen-bond acceptors (Lipinski definition) is 3.